The first-order valence-electron chi connectivity index (χ1n) is 6.45. The molecule has 1 spiro atoms. The molecule has 0 aromatic heterocycles. The van der Waals surface area contributed by atoms with Gasteiger partial charge in [-0.2, -0.15) is 5.26 Å². The number of hydrogen-bond acceptors (Lipinski definition) is 4. The third-order valence-corrected chi connectivity index (χ3v) is 4.28. The molecule has 2 aliphatic rings. The lowest BCUT2D eigenvalue weighted by molar-refractivity contribution is -0.161. The summed E-state index contributed by atoms with van der Waals surface area (Å²) in [6.45, 7) is 3.10. The molecule has 0 saturated carbocycles. The fourth-order valence-corrected chi connectivity index (χ4v) is 3.39. The molecule has 1 aromatic carbocycles. The molecule has 5 heteroatoms. The first-order valence-corrected chi connectivity index (χ1v) is 7.24. The van der Waals surface area contributed by atoms with E-state index in [9.17, 15) is 0 Å². The Balaban J connectivity index is 1.84. The molecule has 0 N–H and O–H groups in total. The molecule has 0 radical (unpaired) electrons. The largest absolute Gasteiger partial charge is 0.365 e. The molecule has 0 unspecified atom stereocenters. The molecule has 2 heterocycles. The first-order chi connectivity index (χ1) is 9.22. The standard InChI is InChI=1S/C14H15BrN2O2/c15-12-8-11(9-16)2-3-13(12)17-5-1-4-14(10-17)18-6-7-19-14/h2-3,8H,1,4-7,10H2. The monoisotopic (exact) mass is 322 g/mol. The minimum Gasteiger partial charge on any atom is -0.365 e. The van der Waals surface area contributed by atoms with Gasteiger partial charge < -0.3 is 14.4 Å². The van der Waals surface area contributed by atoms with Crippen molar-refractivity contribution in [1.29, 1.82) is 5.26 Å². The number of hydrogen-bond donors (Lipinski definition) is 0. The van der Waals surface area contributed by atoms with E-state index in [1.54, 1.807) is 0 Å². The predicted molar refractivity (Wildman–Crippen MR) is 74.9 cm³/mol. The number of anilines is 1. The van der Waals surface area contributed by atoms with Crippen molar-refractivity contribution in [3.05, 3.63) is 28.2 Å². The van der Waals surface area contributed by atoms with Gasteiger partial charge in [-0.05, 0) is 40.5 Å². The van der Waals surface area contributed by atoms with Crippen LogP contribution in [0.2, 0.25) is 0 Å². The Hall–Kier alpha value is -1.09. The van der Waals surface area contributed by atoms with Gasteiger partial charge in [-0.3, -0.25) is 0 Å². The second-order valence-corrected chi connectivity index (χ2v) is 5.77. The number of piperidine rings is 1. The summed E-state index contributed by atoms with van der Waals surface area (Å²) in [5.74, 6) is -0.425. The average Bonchev–Trinajstić information content (AvgIpc) is 2.86. The number of benzene rings is 1. The van der Waals surface area contributed by atoms with Gasteiger partial charge in [0.15, 0.2) is 5.79 Å². The molecule has 0 amide bonds. The van der Waals surface area contributed by atoms with Crippen LogP contribution in [0.4, 0.5) is 5.69 Å². The van der Waals surface area contributed by atoms with E-state index in [2.05, 4.69) is 26.9 Å². The summed E-state index contributed by atoms with van der Waals surface area (Å²) in [7, 11) is 0. The average molecular weight is 323 g/mol. The van der Waals surface area contributed by atoms with Gasteiger partial charge in [0.25, 0.3) is 0 Å². The van der Waals surface area contributed by atoms with Crippen LogP contribution in [0.25, 0.3) is 0 Å². The molecule has 3 rings (SSSR count). The van der Waals surface area contributed by atoms with Crippen molar-refractivity contribution in [2.24, 2.45) is 0 Å². The van der Waals surface area contributed by atoms with E-state index in [4.69, 9.17) is 14.7 Å². The Morgan fingerprint density at radius 3 is 2.79 bits per heavy atom. The quantitative estimate of drug-likeness (QED) is 0.797. The molecule has 0 aliphatic carbocycles. The highest BCUT2D eigenvalue weighted by Crippen LogP contribution is 2.35. The molecule has 2 saturated heterocycles. The van der Waals surface area contributed by atoms with Crippen LogP contribution in [0.5, 0.6) is 0 Å². The Morgan fingerprint density at radius 1 is 1.32 bits per heavy atom. The van der Waals surface area contributed by atoms with Gasteiger partial charge in [0.1, 0.15) is 0 Å². The van der Waals surface area contributed by atoms with Crippen LogP contribution < -0.4 is 4.90 Å². The van der Waals surface area contributed by atoms with E-state index in [1.807, 2.05) is 18.2 Å². The molecule has 100 valence electrons. The maximum atomic E-state index is 8.91. The predicted octanol–water partition coefficient (Wildman–Crippen LogP) is 2.66. The third kappa shape index (κ3) is 2.48. The van der Waals surface area contributed by atoms with Gasteiger partial charge in [-0.15, -0.1) is 0 Å². The van der Waals surface area contributed by atoms with E-state index in [-0.39, 0.29) is 0 Å². The van der Waals surface area contributed by atoms with Crippen molar-refractivity contribution in [3.8, 4) is 6.07 Å². The number of ether oxygens (including phenoxy) is 2. The zero-order chi connectivity index (χ0) is 13.3. The minimum atomic E-state index is -0.425. The van der Waals surface area contributed by atoms with Crippen LogP contribution in [-0.2, 0) is 9.47 Å². The summed E-state index contributed by atoms with van der Waals surface area (Å²) >= 11 is 3.55. The van der Waals surface area contributed by atoms with Gasteiger partial charge >= 0.3 is 0 Å². The normalized spacial score (nSPS) is 21.6. The molecule has 2 aliphatic heterocycles. The molecule has 19 heavy (non-hydrogen) atoms. The fraction of sp³-hybridized carbons (Fsp3) is 0.500. The molecule has 4 nitrogen and oxygen atoms in total. The number of rotatable bonds is 1. The van der Waals surface area contributed by atoms with Crippen molar-refractivity contribution in [2.45, 2.75) is 18.6 Å². The minimum absolute atomic E-state index is 0.425. The van der Waals surface area contributed by atoms with Gasteiger partial charge in [0.2, 0.25) is 0 Å². The first kappa shape index (κ1) is 12.9. The van der Waals surface area contributed by atoms with E-state index >= 15 is 0 Å². The van der Waals surface area contributed by atoms with Gasteiger partial charge in [-0.1, -0.05) is 0 Å². The molecule has 0 atom stereocenters. The van der Waals surface area contributed by atoms with Crippen molar-refractivity contribution in [3.63, 3.8) is 0 Å². The maximum Gasteiger partial charge on any atom is 0.186 e. The lowest BCUT2D eigenvalue weighted by Crippen LogP contribution is -2.49. The van der Waals surface area contributed by atoms with E-state index in [0.717, 1.165) is 36.1 Å². The highest BCUT2D eigenvalue weighted by atomic mass is 79.9. The molecule has 2 fully saturated rings. The summed E-state index contributed by atoms with van der Waals surface area (Å²) in [6, 6.07) is 7.83. The van der Waals surface area contributed by atoms with Gasteiger partial charge in [-0.25, -0.2) is 0 Å². The summed E-state index contributed by atoms with van der Waals surface area (Å²) in [6.07, 6.45) is 2.00. The van der Waals surface area contributed by atoms with Crippen LogP contribution in [0.1, 0.15) is 18.4 Å². The van der Waals surface area contributed by atoms with Crippen LogP contribution in [0.15, 0.2) is 22.7 Å². The molecular weight excluding hydrogens is 308 g/mol. The molecular formula is C14H15BrN2O2. The van der Waals surface area contributed by atoms with E-state index < -0.39 is 5.79 Å². The Labute approximate surface area is 121 Å². The molecule has 0 bridgehead atoms. The smallest absolute Gasteiger partial charge is 0.186 e. The van der Waals surface area contributed by atoms with Crippen molar-refractivity contribution in [1.82, 2.24) is 0 Å². The van der Waals surface area contributed by atoms with Crippen molar-refractivity contribution >= 4 is 21.6 Å². The fourth-order valence-electron chi connectivity index (χ4n) is 2.76. The Morgan fingerprint density at radius 2 is 2.11 bits per heavy atom. The van der Waals surface area contributed by atoms with E-state index in [0.29, 0.717) is 18.8 Å². The number of nitriles is 1. The van der Waals surface area contributed by atoms with Crippen LogP contribution in [0.3, 0.4) is 0 Å². The highest BCUT2D eigenvalue weighted by molar-refractivity contribution is 9.10. The second kappa shape index (κ2) is 5.12. The zero-order valence-electron chi connectivity index (χ0n) is 10.6. The summed E-state index contributed by atoms with van der Waals surface area (Å²) in [5, 5.41) is 8.91. The zero-order valence-corrected chi connectivity index (χ0v) is 12.1. The topological polar surface area (TPSA) is 45.5 Å². The van der Waals surface area contributed by atoms with Crippen molar-refractivity contribution in [2.75, 3.05) is 31.2 Å². The summed E-state index contributed by atoms with van der Waals surface area (Å²) in [5.41, 5.74) is 1.76. The SMILES string of the molecule is N#Cc1ccc(N2CCCC3(C2)OCCO3)c(Br)c1. The Kier molecular flexibility index (Phi) is 3.48. The van der Waals surface area contributed by atoms with Crippen LogP contribution in [0, 0.1) is 11.3 Å². The Bertz CT molecular complexity index is 521. The number of halogens is 1. The van der Waals surface area contributed by atoms with E-state index in [1.165, 1.54) is 0 Å². The van der Waals surface area contributed by atoms with Crippen molar-refractivity contribution < 1.29 is 9.47 Å². The lowest BCUT2D eigenvalue weighted by Gasteiger charge is -2.40. The maximum absolute atomic E-state index is 8.91. The second-order valence-electron chi connectivity index (χ2n) is 4.91. The van der Waals surface area contributed by atoms with Gasteiger partial charge in [0.05, 0.1) is 37.1 Å². The van der Waals surface area contributed by atoms with Crippen LogP contribution in [-0.4, -0.2) is 32.1 Å². The van der Waals surface area contributed by atoms with Gasteiger partial charge in [0, 0.05) is 17.4 Å². The number of nitrogens with zero attached hydrogens (tertiary/aromatic N) is 2. The highest BCUT2D eigenvalue weighted by Gasteiger charge is 2.41. The van der Waals surface area contributed by atoms with Crippen LogP contribution >= 0.6 is 15.9 Å². The lowest BCUT2D eigenvalue weighted by atomic mass is 10.0. The summed E-state index contributed by atoms with van der Waals surface area (Å²) < 4.78 is 12.5. The third-order valence-electron chi connectivity index (χ3n) is 3.65. The molecule has 1 aromatic rings. The summed E-state index contributed by atoms with van der Waals surface area (Å²) in [4.78, 5) is 2.26.